The summed E-state index contributed by atoms with van der Waals surface area (Å²) >= 11 is 0. The second kappa shape index (κ2) is 4.64. The molecule has 2 aromatic rings. The lowest BCUT2D eigenvalue weighted by molar-refractivity contribution is 0.306. The average molecular weight is 264 g/mol. The zero-order valence-electron chi connectivity index (χ0n) is 10.3. The molecular formula is C14H14F2N2O. The lowest BCUT2D eigenvalue weighted by Crippen LogP contribution is -2.14. The third-order valence-electron chi connectivity index (χ3n) is 3.65. The zero-order valence-corrected chi connectivity index (χ0v) is 10.3. The molecule has 0 spiro atoms. The molecule has 0 saturated heterocycles. The summed E-state index contributed by atoms with van der Waals surface area (Å²) in [4.78, 5) is 0. The van der Waals surface area contributed by atoms with E-state index < -0.39 is 11.6 Å². The topological polar surface area (TPSA) is 52.0 Å². The maximum Gasteiger partial charge on any atom is 0.230 e. The lowest BCUT2D eigenvalue weighted by atomic mass is 9.81. The van der Waals surface area contributed by atoms with Crippen LogP contribution in [0.1, 0.15) is 25.0 Å². The molecular weight excluding hydrogens is 250 g/mol. The van der Waals surface area contributed by atoms with E-state index in [2.05, 4.69) is 5.16 Å². The molecule has 3 nitrogen and oxygen atoms in total. The van der Waals surface area contributed by atoms with Gasteiger partial charge in [0.15, 0.2) is 0 Å². The first-order chi connectivity index (χ1) is 9.13. The Hall–Kier alpha value is -1.91. The number of halogens is 2. The van der Waals surface area contributed by atoms with E-state index in [0.717, 1.165) is 25.3 Å². The van der Waals surface area contributed by atoms with Crippen LogP contribution in [0.25, 0.3) is 11.1 Å². The molecule has 0 amide bonds. The van der Waals surface area contributed by atoms with Crippen LogP contribution < -0.4 is 5.73 Å². The summed E-state index contributed by atoms with van der Waals surface area (Å²) in [6, 6.07) is 3.32. The van der Waals surface area contributed by atoms with E-state index in [1.165, 1.54) is 18.6 Å². The molecule has 100 valence electrons. The molecule has 0 unspecified atom stereocenters. The van der Waals surface area contributed by atoms with Crippen molar-refractivity contribution in [3.05, 3.63) is 35.5 Å². The van der Waals surface area contributed by atoms with Crippen LogP contribution in [0.3, 0.4) is 0 Å². The van der Waals surface area contributed by atoms with Crippen molar-refractivity contribution in [1.29, 1.82) is 0 Å². The summed E-state index contributed by atoms with van der Waals surface area (Å²) in [5, 5.41) is 3.93. The Balaban J connectivity index is 2.00. The Morgan fingerprint density at radius 2 is 1.89 bits per heavy atom. The first-order valence-corrected chi connectivity index (χ1v) is 6.34. The largest absolute Gasteiger partial charge is 0.367 e. The first-order valence-electron chi connectivity index (χ1n) is 6.34. The van der Waals surface area contributed by atoms with Gasteiger partial charge in [-0.05, 0) is 30.0 Å². The van der Waals surface area contributed by atoms with Crippen LogP contribution in [0.4, 0.5) is 14.7 Å². The van der Waals surface area contributed by atoms with Gasteiger partial charge in [0.25, 0.3) is 0 Å². The summed E-state index contributed by atoms with van der Waals surface area (Å²) in [6.45, 7) is 0. The Morgan fingerprint density at radius 1 is 1.21 bits per heavy atom. The van der Waals surface area contributed by atoms with E-state index in [1.807, 2.05) is 0 Å². The van der Waals surface area contributed by atoms with Gasteiger partial charge in [0.1, 0.15) is 11.6 Å². The molecule has 1 fully saturated rings. The smallest absolute Gasteiger partial charge is 0.230 e. The molecule has 1 aromatic heterocycles. The summed E-state index contributed by atoms with van der Waals surface area (Å²) in [6.07, 6.45) is 4.28. The van der Waals surface area contributed by atoms with Gasteiger partial charge in [0, 0.05) is 6.07 Å². The second-order valence-electron chi connectivity index (χ2n) is 5.03. The van der Waals surface area contributed by atoms with Gasteiger partial charge in [-0.3, -0.25) is 0 Å². The normalized spacial score (nSPS) is 15.5. The Labute approximate surface area is 109 Å². The number of anilines is 1. The molecule has 0 aliphatic heterocycles. The van der Waals surface area contributed by atoms with Gasteiger partial charge in [-0.25, -0.2) is 8.78 Å². The predicted octanol–water partition coefficient (Wildman–Crippen LogP) is 3.54. The maximum atomic E-state index is 13.3. The van der Waals surface area contributed by atoms with Crippen molar-refractivity contribution in [3.8, 4) is 11.1 Å². The van der Waals surface area contributed by atoms with Crippen molar-refractivity contribution in [2.24, 2.45) is 5.92 Å². The van der Waals surface area contributed by atoms with E-state index in [-0.39, 0.29) is 5.88 Å². The number of hydrogen-bond donors (Lipinski definition) is 1. The SMILES string of the molecule is Nc1onc(CC2CCC2)c1-c1cc(F)cc(F)c1. The summed E-state index contributed by atoms with van der Waals surface area (Å²) in [5.74, 6) is -0.587. The number of nitrogens with two attached hydrogens (primary N) is 1. The van der Waals surface area contributed by atoms with Crippen LogP contribution in [-0.4, -0.2) is 5.16 Å². The first kappa shape index (κ1) is 12.1. The number of aromatic nitrogens is 1. The molecule has 1 aliphatic carbocycles. The quantitative estimate of drug-likeness (QED) is 0.922. The molecule has 1 saturated carbocycles. The van der Waals surface area contributed by atoms with Crippen molar-refractivity contribution in [2.45, 2.75) is 25.7 Å². The molecule has 19 heavy (non-hydrogen) atoms. The van der Waals surface area contributed by atoms with Crippen molar-refractivity contribution >= 4 is 5.88 Å². The molecule has 1 aliphatic rings. The van der Waals surface area contributed by atoms with E-state index >= 15 is 0 Å². The molecule has 3 rings (SSSR count). The van der Waals surface area contributed by atoms with Gasteiger partial charge < -0.3 is 10.3 Å². The Bertz CT molecular complexity index is 585. The van der Waals surface area contributed by atoms with Crippen molar-refractivity contribution < 1.29 is 13.3 Å². The minimum absolute atomic E-state index is 0.110. The van der Waals surface area contributed by atoms with Crippen molar-refractivity contribution in [3.63, 3.8) is 0 Å². The van der Waals surface area contributed by atoms with Crippen LogP contribution in [0.5, 0.6) is 0 Å². The number of rotatable bonds is 3. The highest BCUT2D eigenvalue weighted by molar-refractivity contribution is 5.75. The molecule has 0 atom stereocenters. The van der Waals surface area contributed by atoms with E-state index in [9.17, 15) is 8.78 Å². The van der Waals surface area contributed by atoms with Gasteiger partial charge in [0.2, 0.25) is 5.88 Å². The van der Waals surface area contributed by atoms with E-state index in [4.69, 9.17) is 10.3 Å². The number of hydrogen-bond acceptors (Lipinski definition) is 3. The number of nitrogens with zero attached hydrogens (tertiary/aromatic N) is 1. The van der Waals surface area contributed by atoms with Crippen molar-refractivity contribution in [2.75, 3.05) is 5.73 Å². The summed E-state index contributed by atoms with van der Waals surface area (Å²) < 4.78 is 31.6. The lowest BCUT2D eigenvalue weighted by Gasteiger charge is -2.24. The fourth-order valence-electron chi connectivity index (χ4n) is 2.45. The standard InChI is InChI=1S/C14H14F2N2O/c15-10-5-9(6-11(16)7-10)13-12(18-19-14(13)17)4-8-2-1-3-8/h5-8H,1-4,17H2. The maximum absolute atomic E-state index is 13.3. The molecule has 2 N–H and O–H groups in total. The third kappa shape index (κ3) is 2.32. The van der Waals surface area contributed by atoms with Gasteiger partial charge in [-0.2, -0.15) is 0 Å². The minimum Gasteiger partial charge on any atom is -0.367 e. The highest BCUT2D eigenvalue weighted by atomic mass is 19.1. The van der Waals surface area contributed by atoms with Crippen LogP contribution >= 0.6 is 0 Å². The molecule has 1 aromatic carbocycles. The minimum atomic E-state index is -0.634. The number of benzene rings is 1. The predicted molar refractivity (Wildman–Crippen MR) is 67.3 cm³/mol. The highest BCUT2D eigenvalue weighted by Gasteiger charge is 2.24. The summed E-state index contributed by atoms with van der Waals surface area (Å²) in [7, 11) is 0. The summed E-state index contributed by atoms with van der Waals surface area (Å²) in [5.41, 5.74) is 7.32. The van der Waals surface area contributed by atoms with Crippen molar-refractivity contribution in [1.82, 2.24) is 5.16 Å². The van der Waals surface area contributed by atoms with Crippen LogP contribution in [0, 0.1) is 17.6 Å². The molecule has 5 heteroatoms. The van der Waals surface area contributed by atoms with E-state index in [1.54, 1.807) is 0 Å². The van der Waals surface area contributed by atoms with Gasteiger partial charge >= 0.3 is 0 Å². The van der Waals surface area contributed by atoms with Gasteiger partial charge in [-0.15, -0.1) is 0 Å². The highest BCUT2D eigenvalue weighted by Crippen LogP contribution is 2.36. The fraction of sp³-hybridized carbons (Fsp3) is 0.357. The Kier molecular flexibility index (Phi) is 2.97. The van der Waals surface area contributed by atoms with Gasteiger partial charge in [-0.1, -0.05) is 24.4 Å². The van der Waals surface area contributed by atoms with E-state index in [0.29, 0.717) is 22.7 Å². The molecule has 0 bridgehead atoms. The van der Waals surface area contributed by atoms with Crippen LogP contribution in [-0.2, 0) is 6.42 Å². The zero-order chi connectivity index (χ0) is 13.4. The molecule has 0 radical (unpaired) electrons. The molecule has 1 heterocycles. The Morgan fingerprint density at radius 3 is 2.47 bits per heavy atom. The third-order valence-corrected chi connectivity index (χ3v) is 3.65. The van der Waals surface area contributed by atoms with Crippen LogP contribution in [0.15, 0.2) is 22.7 Å². The van der Waals surface area contributed by atoms with Crippen LogP contribution in [0.2, 0.25) is 0 Å². The number of nitrogen functional groups attached to an aromatic ring is 1. The average Bonchev–Trinajstić information content (AvgIpc) is 2.63. The monoisotopic (exact) mass is 264 g/mol. The van der Waals surface area contributed by atoms with Gasteiger partial charge in [0.05, 0.1) is 11.3 Å². The second-order valence-corrected chi connectivity index (χ2v) is 5.03. The fourth-order valence-corrected chi connectivity index (χ4v) is 2.45.